The Kier molecular flexibility index (Phi) is 2.48. The normalized spacial score (nSPS) is 17.7. The fourth-order valence-electron chi connectivity index (χ4n) is 2.13. The second-order valence-corrected chi connectivity index (χ2v) is 5.06. The van der Waals surface area contributed by atoms with Crippen LogP contribution in [-0.2, 0) is 4.74 Å². The van der Waals surface area contributed by atoms with Crippen molar-refractivity contribution in [3.05, 3.63) is 36.7 Å². The molecule has 0 unspecified atom stereocenters. The van der Waals surface area contributed by atoms with Gasteiger partial charge in [0.25, 0.3) is 0 Å². The van der Waals surface area contributed by atoms with Gasteiger partial charge < -0.3 is 10.1 Å². The highest BCUT2D eigenvalue weighted by Gasteiger charge is 2.32. The van der Waals surface area contributed by atoms with E-state index in [-0.39, 0.29) is 5.41 Å². The molecule has 2 aromatic rings. The van der Waals surface area contributed by atoms with Crippen molar-refractivity contribution in [3.63, 3.8) is 0 Å². The van der Waals surface area contributed by atoms with E-state index in [4.69, 9.17) is 4.74 Å². The highest BCUT2D eigenvalue weighted by atomic mass is 16.5. The molecule has 1 N–H and O–H groups in total. The second kappa shape index (κ2) is 4.00. The first kappa shape index (κ1) is 10.5. The number of anilines is 1. The number of ether oxygens (including phenoxy) is 1. The molecule has 17 heavy (non-hydrogen) atoms. The van der Waals surface area contributed by atoms with Crippen LogP contribution < -0.4 is 5.32 Å². The Balaban J connectivity index is 1.85. The first-order chi connectivity index (χ1) is 8.27. The average molecular weight is 228 g/mol. The van der Waals surface area contributed by atoms with Gasteiger partial charge in [-0.15, -0.1) is 0 Å². The molecule has 1 fully saturated rings. The van der Waals surface area contributed by atoms with Crippen LogP contribution in [0, 0.1) is 5.41 Å². The van der Waals surface area contributed by atoms with Crippen molar-refractivity contribution in [1.29, 1.82) is 0 Å². The second-order valence-electron chi connectivity index (χ2n) is 5.06. The molecule has 1 saturated heterocycles. The minimum absolute atomic E-state index is 0.282. The van der Waals surface area contributed by atoms with Gasteiger partial charge in [0, 0.05) is 35.4 Å². The smallest absolute Gasteiger partial charge is 0.0559 e. The lowest BCUT2D eigenvalue weighted by Gasteiger charge is -2.38. The molecule has 1 aliphatic heterocycles. The van der Waals surface area contributed by atoms with Crippen molar-refractivity contribution in [3.8, 4) is 0 Å². The Morgan fingerprint density at radius 3 is 3.00 bits per heavy atom. The number of fused-ring (bicyclic) bond motifs is 1. The van der Waals surface area contributed by atoms with Gasteiger partial charge in [-0.05, 0) is 17.5 Å². The van der Waals surface area contributed by atoms with Crippen molar-refractivity contribution < 1.29 is 4.74 Å². The van der Waals surface area contributed by atoms with Gasteiger partial charge >= 0.3 is 0 Å². The number of pyridine rings is 1. The minimum atomic E-state index is 0.282. The van der Waals surface area contributed by atoms with E-state index in [0.717, 1.165) is 25.4 Å². The molecule has 0 saturated carbocycles. The summed E-state index contributed by atoms with van der Waals surface area (Å²) >= 11 is 0. The standard InChI is InChI=1S/C14H16N2O/c1-14(9-17-10-14)8-16-13-4-2-3-11-5-6-15-7-12(11)13/h2-7,16H,8-10H2,1H3. The zero-order valence-corrected chi connectivity index (χ0v) is 9.94. The van der Waals surface area contributed by atoms with Crippen LogP contribution in [0.4, 0.5) is 5.69 Å². The molecule has 3 rings (SSSR count). The predicted octanol–water partition coefficient (Wildman–Crippen LogP) is 2.68. The van der Waals surface area contributed by atoms with Crippen molar-refractivity contribution in [1.82, 2.24) is 4.98 Å². The monoisotopic (exact) mass is 228 g/mol. The third-order valence-electron chi connectivity index (χ3n) is 3.29. The number of hydrogen-bond acceptors (Lipinski definition) is 3. The molecular formula is C14H16N2O. The molecule has 0 aliphatic carbocycles. The van der Waals surface area contributed by atoms with Crippen molar-refractivity contribution in [2.24, 2.45) is 5.41 Å². The van der Waals surface area contributed by atoms with E-state index in [1.165, 1.54) is 10.8 Å². The molecule has 0 radical (unpaired) electrons. The molecule has 0 bridgehead atoms. The molecule has 0 spiro atoms. The Bertz CT molecular complexity index is 529. The van der Waals surface area contributed by atoms with E-state index in [2.05, 4.69) is 35.4 Å². The number of nitrogens with zero attached hydrogens (tertiary/aromatic N) is 1. The van der Waals surface area contributed by atoms with Gasteiger partial charge in [-0.1, -0.05) is 19.1 Å². The van der Waals surface area contributed by atoms with Gasteiger partial charge in [0.15, 0.2) is 0 Å². The molecule has 3 nitrogen and oxygen atoms in total. The van der Waals surface area contributed by atoms with Gasteiger partial charge in [-0.2, -0.15) is 0 Å². The lowest BCUT2D eigenvalue weighted by molar-refractivity contribution is -0.0924. The van der Waals surface area contributed by atoms with Gasteiger partial charge in [0.05, 0.1) is 13.2 Å². The minimum Gasteiger partial charge on any atom is -0.384 e. The fourth-order valence-corrected chi connectivity index (χ4v) is 2.13. The third kappa shape index (κ3) is 1.98. The summed E-state index contributed by atoms with van der Waals surface area (Å²) in [6.07, 6.45) is 3.74. The first-order valence-corrected chi connectivity index (χ1v) is 5.91. The molecule has 88 valence electrons. The molecule has 3 heteroatoms. The maximum Gasteiger partial charge on any atom is 0.0559 e. The Labute approximate surface area is 101 Å². The zero-order chi connectivity index (χ0) is 11.7. The molecule has 1 aromatic carbocycles. The quantitative estimate of drug-likeness (QED) is 0.877. The third-order valence-corrected chi connectivity index (χ3v) is 3.29. The SMILES string of the molecule is CC1(CNc2cccc3ccncc23)COC1. The van der Waals surface area contributed by atoms with Crippen LogP contribution in [0.3, 0.4) is 0 Å². The molecule has 1 aliphatic rings. The van der Waals surface area contributed by atoms with Crippen LogP contribution >= 0.6 is 0 Å². The van der Waals surface area contributed by atoms with Crippen LogP contribution in [0.1, 0.15) is 6.92 Å². The number of aromatic nitrogens is 1. The van der Waals surface area contributed by atoms with E-state index in [1.54, 1.807) is 0 Å². The fraction of sp³-hybridized carbons (Fsp3) is 0.357. The van der Waals surface area contributed by atoms with E-state index >= 15 is 0 Å². The zero-order valence-electron chi connectivity index (χ0n) is 9.94. The summed E-state index contributed by atoms with van der Waals surface area (Å²) in [7, 11) is 0. The summed E-state index contributed by atoms with van der Waals surface area (Å²) in [4.78, 5) is 4.19. The summed E-state index contributed by atoms with van der Waals surface area (Å²) in [6.45, 7) is 4.89. The summed E-state index contributed by atoms with van der Waals surface area (Å²) in [6, 6.07) is 8.32. The number of rotatable bonds is 3. The highest BCUT2D eigenvalue weighted by molar-refractivity contribution is 5.93. The highest BCUT2D eigenvalue weighted by Crippen LogP contribution is 2.28. The van der Waals surface area contributed by atoms with Crippen LogP contribution in [-0.4, -0.2) is 24.7 Å². The summed E-state index contributed by atoms with van der Waals surface area (Å²) in [5, 5.41) is 5.91. The van der Waals surface area contributed by atoms with E-state index in [1.807, 2.05) is 18.5 Å². The Hall–Kier alpha value is -1.61. The molecule has 0 amide bonds. The molecular weight excluding hydrogens is 212 g/mol. The van der Waals surface area contributed by atoms with Gasteiger partial charge in [-0.25, -0.2) is 0 Å². The number of benzene rings is 1. The first-order valence-electron chi connectivity index (χ1n) is 5.91. The van der Waals surface area contributed by atoms with Crippen molar-refractivity contribution in [2.75, 3.05) is 25.1 Å². The van der Waals surface area contributed by atoms with Crippen LogP contribution in [0.5, 0.6) is 0 Å². The van der Waals surface area contributed by atoms with Crippen molar-refractivity contribution >= 4 is 16.5 Å². The summed E-state index contributed by atoms with van der Waals surface area (Å²) in [5.74, 6) is 0. The van der Waals surface area contributed by atoms with Gasteiger partial charge in [0.1, 0.15) is 0 Å². The number of hydrogen-bond donors (Lipinski definition) is 1. The Morgan fingerprint density at radius 1 is 1.35 bits per heavy atom. The average Bonchev–Trinajstić information content (AvgIpc) is 2.34. The molecule has 1 aromatic heterocycles. The van der Waals surface area contributed by atoms with Crippen LogP contribution in [0.25, 0.3) is 10.8 Å². The van der Waals surface area contributed by atoms with Gasteiger partial charge in [-0.3, -0.25) is 4.98 Å². The molecule has 0 atom stereocenters. The van der Waals surface area contributed by atoms with Crippen LogP contribution in [0.2, 0.25) is 0 Å². The predicted molar refractivity (Wildman–Crippen MR) is 69.2 cm³/mol. The van der Waals surface area contributed by atoms with E-state index < -0.39 is 0 Å². The summed E-state index contributed by atoms with van der Waals surface area (Å²) < 4.78 is 5.26. The maximum atomic E-state index is 5.26. The van der Waals surface area contributed by atoms with Crippen molar-refractivity contribution in [2.45, 2.75) is 6.92 Å². The maximum absolute atomic E-state index is 5.26. The van der Waals surface area contributed by atoms with E-state index in [0.29, 0.717) is 0 Å². The largest absolute Gasteiger partial charge is 0.384 e. The molecule has 2 heterocycles. The lowest BCUT2D eigenvalue weighted by Crippen LogP contribution is -2.45. The number of nitrogens with one attached hydrogen (secondary N) is 1. The lowest BCUT2D eigenvalue weighted by atomic mass is 9.88. The van der Waals surface area contributed by atoms with Gasteiger partial charge in [0.2, 0.25) is 0 Å². The summed E-state index contributed by atoms with van der Waals surface area (Å²) in [5.41, 5.74) is 1.44. The van der Waals surface area contributed by atoms with E-state index in [9.17, 15) is 0 Å². The topological polar surface area (TPSA) is 34.2 Å². The Morgan fingerprint density at radius 2 is 2.24 bits per heavy atom. The van der Waals surface area contributed by atoms with Crippen LogP contribution in [0.15, 0.2) is 36.7 Å².